The first kappa shape index (κ1) is 21.8. The number of likely N-dealkylation sites (tertiary alicyclic amines) is 1. The Morgan fingerprint density at radius 1 is 1.03 bits per heavy atom. The van der Waals surface area contributed by atoms with Crippen molar-refractivity contribution in [1.82, 2.24) is 4.90 Å². The number of carbonyl (C=O) groups excluding carboxylic acids is 3. The summed E-state index contributed by atoms with van der Waals surface area (Å²) < 4.78 is 0.943. The number of rotatable bonds is 6. The number of nitrogens with one attached hydrogen (secondary N) is 1. The predicted molar refractivity (Wildman–Crippen MR) is 133 cm³/mol. The number of benzene rings is 2. The third-order valence-electron chi connectivity index (χ3n) is 8.29. The van der Waals surface area contributed by atoms with Crippen molar-refractivity contribution >= 4 is 39.3 Å². The summed E-state index contributed by atoms with van der Waals surface area (Å²) in [5, 5.41) is 3.04. The molecule has 7 atom stereocenters. The molecule has 5 nitrogen and oxygen atoms in total. The number of amides is 3. The summed E-state index contributed by atoms with van der Waals surface area (Å²) in [7, 11) is 0. The molecule has 4 aliphatic carbocycles. The molecular formula is C28H27BrN2O3. The first-order valence-electron chi connectivity index (χ1n) is 12.2. The van der Waals surface area contributed by atoms with Gasteiger partial charge in [0.25, 0.3) is 0 Å². The van der Waals surface area contributed by atoms with Gasteiger partial charge in [0.05, 0.1) is 11.8 Å². The fraction of sp³-hybridized carbons (Fsp3) is 0.393. The lowest BCUT2D eigenvalue weighted by atomic mass is 9.63. The molecule has 5 aliphatic rings. The van der Waals surface area contributed by atoms with Gasteiger partial charge in [0.15, 0.2) is 0 Å². The van der Waals surface area contributed by atoms with Crippen LogP contribution in [0.3, 0.4) is 0 Å². The molecule has 2 aromatic rings. The number of hydrogen-bond donors (Lipinski definition) is 1. The van der Waals surface area contributed by atoms with Crippen LogP contribution >= 0.6 is 15.9 Å². The van der Waals surface area contributed by atoms with E-state index in [-0.39, 0.29) is 41.4 Å². The second kappa shape index (κ2) is 8.19. The van der Waals surface area contributed by atoms with Crippen LogP contribution in [0.4, 0.5) is 5.69 Å². The topological polar surface area (TPSA) is 66.5 Å². The summed E-state index contributed by atoms with van der Waals surface area (Å²) in [6.07, 6.45) is 6.50. The first-order chi connectivity index (χ1) is 16.5. The molecule has 6 heteroatoms. The van der Waals surface area contributed by atoms with Crippen molar-refractivity contribution in [3.8, 4) is 0 Å². The number of imide groups is 1. The second-order valence-corrected chi connectivity index (χ2v) is 11.0. The van der Waals surface area contributed by atoms with Crippen molar-refractivity contribution in [3.05, 3.63) is 76.3 Å². The average Bonchev–Trinajstić information content (AvgIpc) is 3.63. The van der Waals surface area contributed by atoms with Gasteiger partial charge in [-0.15, -0.1) is 0 Å². The molecule has 0 aromatic heterocycles. The number of carbonyl (C=O) groups is 3. The van der Waals surface area contributed by atoms with Gasteiger partial charge in [-0.25, -0.2) is 0 Å². The van der Waals surface area contributed by atoms with E-state index in [1.165, 1.54) is 4.90 Å². The fourth-order valence-electron chi connectivity index (χ4n) is 6.62. The number of nitrogens with zero attached hydrogens (tertiary/aromatic N) is 1. The van der Waals surface area contributed by atoms with Crippen LogP contribution in [-0.4, -0.2) is 28.7 Å². The Morgan fingerprint density at radius 2 is 1.68 bits per heavy atom. The Kier molecular flexibility index (Phi) is 5.25. The Balaban J connectivity index is 1.34. The monoisotopic (exact) mass is 518 g/mol. The average molecular weight is 519 g/mol. The van der Waals surface area contributed by atoms with Gasteiger partial charge in [0.1, 0.15) is 6.04 Å². The van der Waals surface area contributed by atoms with Crippen LogP contribution in [0.2, 0.25) is 0 Å². The van der Waals surface area contributed by atoms with E-state index in [1.54, 1.807) is 0 Å². The molecule has 174 valence electrons. The second-order valence-electron chi connectivity index (χ2n) is 10.1. The zero-order valence-electron chi connectivity index (χ0n) is 19.0. The lowest BCUT2D eigenvalue weighted by Gasteiger charge is -2.37. The molecule has 2 bridgehead atoms. The van der Waals surface area contributed by atoms with Gasteiger partial charge in [-0.3, -0.25) is 19.3 Å². The molecule has 1 aliphatic heterocycles. The lowest BCUT2D eigenvalue weighted by Crippen LogP contribution is -2.49. The normalized spacial score (nSPS) is 31.3. The third-order valence-corrected chi connectivity index (χ3v) is 8.78. The standard InChI is InChI=1S/C28H27BrN2O3/c1-2-16-13-17(29)8-11-22(16)30-26(32)23(12-15-6-4-3-5-7-15)31-27(33)24-18-9-10-19(21-14-20(18)21)25(24)28(31)34/h3-11,13,18-21,23-25H,2,12,14H2,1H3,(H,30,32)/t18-,19-,20-,21-,23-,24-,25+/m1/s1. The zero-order chi connectivity index (χ0) is 23.6. The first-order valence-corrected chi connectivity index (χ1v) is 13.0. The predicted octanol–water partition coefficient (Wildman–Crippen LogP) is 4.61. The molecule has 3 amide bonds. The zero-order valence-corrected chi connectivity index (χ0v) is 20.6. The summed E-state index contributed by atoms with van der Waals surface area (Å²) >= 11 is 3.49. The van der Waals surface area contributed by atoms with E-state index in [4.69, 9.17) is 0 Å². The van der Waals surface area contributed by atoms with Crippen molar-refractivity contribution in [3.63, 3.8) is 0 Å². The summed E-state index contributed by atoms with van der Waals surface area (Å²) in [6, 6.07) is 14.5. The molecule has 2 saturated carbocycles. The number of aryl methyl sites for hydroxylation is 1. The molecule has 0 spiro atoms. The lowest BCUT2D eigenvalue weighted by molar-refractivity contribution is -0.146. The van der Waals surface area contributed by atoms with Crippen LogP contribution in [-0.2, 0) is 27.2 Å². The van der Waals surface area contributed by atoms with E-state index in [1.807, 2.05) is 55.5 Å². The van der Waals surface area contributed by atoms with Crippen LogP contribution in [0.15, 0.2) is 65.2 Å². The maximum Gasteiger partial charge on any atom is 0.248 e. The maximum absolute atomic E-state index is 13.7. The molecule has 0 unspecified atom stereocenters. The van der Waals surface area contributed by atoms with Gasteiger partial charge in [0.2, 0.25) is 17.7 Å². The molecule has 1 N–H and O–H groups in total. The van der Waals surface area contributed by atoms with Crippen LogP contribution in [0.25, 0.3) is 0 Å². The maximum atomic E-state index is 13.7. The Morgan fingerprint density at radius 3 is 2.29 bits per heavy atom. The van der Waals surface area contributed by atoms with E-state index in [0.717, 1.165) is 28.4 Å². The van der Waals surface area contributed by atoms with E-state index in [9.17, 15) is 14.4 Å². The molecule has 34 heavy (non-hydrogen) atoms. The Labute approximate surface area is 207 Å². The van der Waals surface area contributed by atoms with Crippen LogP contribution in [0.5, 0.6) is 0 Å². The molecule has 0 radical (unpaired) electrons. The summed E-state index contributed by atoms with van der Waals surface area (Å²) in [6.45, 7) is 2.03. The summed E-state index contributed by atoms with van der Waals surface area (Å²) in [5.74, 6) is 0.0808. The van der Waals surface area contributed by atoms with E-state index >= 15 is 0 Å². The fourth-order valence-corrected chi connectivity index (χ4v) is 7.03. The van der Waals surface area contributed by atoms with E-state index in [2.05, 4.69) is 33.4 Å². The molecular weight excluding hydrogens is 492 g/mol. The highest BCUT2D eigenvalue weighted by Gasteiger charge is 2.67. The van der Waals surface area contributed by atoms with Gasteiger partial charge in [-0.05, 0) is 65.8 Å². The van der Waals surface area contributed by atoms with Crippen molar-refractivity contribution in [2.45, 2.75) is 32.2 Å². The van der Waals surface area contributed by atoms with Crippen LogP contribution < -0.4 is 5.32 Å². The highest BCUT2D eigenvalue weighted by atomic mass is 79.9. The SMILES string of the molecule is CCc1cc(Br)ccc1NC(=O)[C@@H](Cc1ccccc1)N1C(=O)[C@@H]2[C@@H]3C=C[C@H]([C@H]4C[C@H]34)[C@@H]2C1=O. The van der Waals surface area contributed by atoms with Gasteiger partial charge in [-0.1, -0.05) is 65.3 Å². The number of allylic oxidation sites excluding steroid dienone is 2. The van der Waals surface area contributed by atoms with Gasteiger partial charge in [-0.2, -0.15) is 0 Å². The van der Waals surface area contributed by atoms with Crippen molar-refractivity contribution < 1.29 is 14.4 Å². The molecule has 1 heterocycles. The molecule has 1 saturated heterocycles. The molecule has 2 aromatic carbocycles. The van der Waals surface area contributed by atoms with Crippen molar-refractivity contribution in [2.24, 2.45) is 35.5 Å². The third kappa shape index (κ3) is 3.37. The highest BCUT2D eigenvalue weighted by molar-refractivity contribution is 9.10. The van der Waals surface area contributed by atoms with E-state index < -0.39 is 6.04 Å². The van der Waals surface area contributed by atoms with Gasteiger partial charge >= 0.3 is 0 Å². The smallest absolute Gasteiger partial charge is 0.248 e. The number of anilines is 1. The Bertz CT molecular complexity index is 1170. The molecule has 3 fully saturated rings. The molecule has 7 rings (SSSR count). The largest absolute Gasteiger partial charge is 0.324 e. The minimum Gasteiger partial charge on any atom is -0.324 e. The van der Waals surface area contributed by atoms with Gasteiger partial charge < -0.3 is 5.32 Å². The number of hydrogen-bond acceptors (Lipinski definition) is 3. The van der Waals surface area contributed by atoms with Crippen LogP contribution in [0, 0.1) is 35.5 Å². The summed E-state index contributed by atoms with van der Waals surface area (Å²) in [4.78, 5) is 42.5. The highest BCUT2D eigenvalue weighted by Crippen LogP contribution is 2.65. The minimum absolute atomic E-state index is 0.139. The van der Waals surface area contributed by atoms with E-state index in [0.29, 0.717) is 23.9 Å². The number of halogens is 1. The minimum atomic E-state index is -0.878. The van der Waals surface area contributed by atoms with Crippen molar-refractivity contribution in [1.29, 1.82) is 0 Å². The Hall–Kier alpha value is -2.73. The van der Waals surface area contributed by atoms with Gasteiger partial charge in [0, 0.05) is 16.6 Å². The summed E-state index contributed by atoms with van der Waals surface area (Å²) in [5.41, 5.74) is 2.64. The van der Waals surface area contributed by atoms with Crippen LogP contribution in [0.1, 0.15) is 24.5 Å². The quantitative estimate of drug-likeness (QED) is 0.448. The van der Waals surface area contributed by atoms with Crippen molar-refractivity contribution in [2.75, 3.05) is 5.32 Å².